The van der Waals surface area contributed by atoms with Crippen LogP contribution in [0.15, 0.2) is 30.5 Å². The Bertz CT molecular complexity index is 507. The van der Waals surface area contributed by atoms with Gasteiger partial charge in [-0.2, -0.15) is 5.10 Å². The number of aliphatic hydroxyl groups is 1. The summed E-state index contributed by atoms with van der Waals surface area (Å²) >= 11 is 0. The van der Waals surface area contributed by atoms with Crippen LogP contribution in [-0.4, -0.2) is 21.5 Å². The summed E-state index contributed by atoms with van der Waals surface area (Å²) in [6.45, 7) is 0.661. The first-order valence-electron chi connectivity index (χ1n) is 5.86. The number of hydrogen-bond donors (Lipinski definition) is 2. The molecule has 18 heavy (non-hydrogen) atoms. The van der Waals surface area contributed by atoms with E-state index in [-0.39, 0.29) is 12.4 Å². The van der Waals surface area contributed by atoms with Crippen molar-refractivity contribution < 1.29 is 9.50 Å². The van der Waals surface area contributed by atoms with Crippen LogP contribution >= 0.6 is 0 Å². The number of rotatable bonds is 5. The Labute approximate surface area is 105 Å². The minimum absolute atomic E-state index is 0.141. The van der Waals surface area contributed by atoms with Crippen LogP contribution in [0.2, 0.25) is 0 Å². The maximum absolute atomic E-state index is 12.8. The van der Waals surface area contributed by atoms with Crippen LogP contribution in [0.5, 0.6) is 0 Å². The molecule has 4 nitrogen and oxygen atoms in total. The molecular weight excluding hydrogens is 233 g/mol. The van der Waals surface area contributed by atoms with Crippen molar-refractivity contribution in [1.82, 2.24) is 9.78 Å². The Balaban J connectivity index is 2.09. The van der Waals surface area contributed by atoms with Gasteiger partial charge in [-0.25, -0.2) is 9.07 Å². The zero-order valence-corrected chi connectivity index (χ0v) is 10.0. The third kappa shape index (κ3) is 2.87. The molecule has 0 spiro atoms. The molecule has 96 valence electrons. The Morgan fingerprint density at radius 1 is 1.28 bits per heavy atom. The Morgan fingerprint density at radius 3 is 2.67 bits per heavy atom. The normalized spacial score (nSPS) is 10.8. The average Bonchev–Trinajstić information content (AvgIpc) is 2.71. The Morgan fingerprint density at radius 2 is 2.00 bits per heavy atom. The van der Waals surface area contributed by atoms with E-state index in [4.69, 9.17) is 10.8 Å². The van der Waals surface area contributed by atoms with Gasteiger partial charge < -0.3 is 10.8 Å². The van der Waals surface area contributed by atoms with Gasteiger partial charge in [-0.05, 0) is 30.5 Å². The highest BCUT2D eigenvalue weighted by Gasteiger charge is 2.07. The molecule has 0 aliphatic carbocycles. The van der Waals surface area contributed by atoms with Crippen molar-refractivity contribution in [3.63, 3.8) is 0 Å². The molecule has 0 fully saturated rings. The maximum atomic E-state index is 12.8. The number of aryl methyl sites for hydroxylation is 1. The molecule has 0 bridgehead atoms. The Kier molecular flexibility index (Phi) is 3.94. The second kappa shape index (κ2) is 5.64. The first kappa shape index (κ1) is 12.6. The van der Waals surface area contributed by atoms with Crippen LogP contribution in [0.25, 0.3) is 0 Å². The van der Waals surface area contributed by atoms with Gasteiger partial charge in [-0.1, -0.05) is 12.1 Å². The Hall–Kier alpha value is -1.88. The summed E-state index contributed by atoms with van der Waals surface area (Å²) in [4.78, 5) is 0. The predicted molar refractivity (Wildman–Crippen MR) is 67.5 cm³/mol. The topological polar surface area (TPSA) is 64.1 Å². The van der Waals surface area contributed by atoms with Crippen molar-refractivity contribution in [2.24, 2.45) is 0 Å². The van der Waals surface area contributed by atoms with Gasteiger partial charge in [0.25, 0.3) is 0 Å². The number of nitrogens with two attached hydrogens (primary N) is 1. The molecule has 2 aromatic rings. The summed E-state index contributed by atoms with van der Waals surface area (Å²) in [5.41, 5.74) is 7.85. The van der Waals surface area contributed by atoms with E-state index in [1.807, 2.05) is 0 Å². The molecule has 0 radical (unpaired) electrons. The number of nitrogens with zero attached hydrogens (tertiary/aromatic N) is 2. The molecule has 0 aliphatic rings. The lowest BCUT2D eigenvalue weighted by Crippen LogP contribution is -2.07. The van der Waals surface area contributed by atoms with Gasteiger partial charge in [-0.15, -0.1) is 0 Å². The quantitative estimate of drug-likeness (QED) is 0.845. The SMILES string of the molecule is Nc1c(CCCO)cnn1Cc1ccc(F)cc1. The highest BCUT2D eigenvalue weighted by Crippen LogP contribution is 2.15. The number of aliphatic hydroxyl groups excluding tert-OH is 1. The third-order valence-corrected chi connectivity index (χ3v) is 2.81. The van der Waals surface area contributed by atoms with Crippen molar-refractivity contribution >= 4 is 5.82 Å². The molecule has 0 saturated heterocycles. The molecule has 0 atom stereocenters. The highest BCUT2D eigenvalue weighted by molar-refractivity contribution is 5.39. The molecule has 0 aliphatic heterocycles. The van der Waals surface area contributed by atoms with Crippen LogP contribution in [-0.2, 0) is 13.0 Å². The first-order valence-corrected chi connectivity index (χ1v) is 5.86. The average molecular weight is 249 g/mol. The number of anilines is 1. The fourth-order valence-corrected chi connectivity index (χ4v) is 1.78. The summed E-state index contributed by atoms with van der Waals surface area (Å²) in [5.74, 6) is 0.351. The molecule has 0 unspecified atom stereocenters. The molecule has 0 amide bonds. The van der Waals surface area contributed by atoms with E-state index >= 15 is 0 Å². The molecule has 1 heterocycles. The van der Waals surface area contributed by atoms with Gasteiger partial charge >= 0.3 is 0 Å². The highest BCUT2D eigenvalue weighted by atomic mass is 19.1. The molecule has 2 rings (SSSR count). The van der Waals surface area contributed by atoms with Crippen molar-refractivity contribution in [2.75, 3.05) is 12.3 Å². The predicted octanol–water partition coefficient (Wildman–Crippen LogP) is 1.58. The third-order valence-electron chi connectivity index (χ3n) is 2.81. The number of hydrogen-bond acceptors (Lipinski definition) is 3. The van der Waals surface area contributed by atoms with E-state index in [1.165, 1.54) is 12.1 Å². The monoisotopic (exact) mass is 249 g/mol. The molecule has 3 N–H and O–H groups in total. The van der Waals surface area contributed by atoms with Crippen molar-refractivity contribution in [1.29, 1.82) is 0 Å². The summed E-state index contributed by atoms with van der Waals surface area (Å²) < 4.78 is 14.5. The van der Waals surface area contributed by atoms with E-state index in [9.17, 15) is 4.39 Å². The zero-order chi connectivity index (χ0) is 13.0. The van der Waals surface area contributed by atoms with E-state index in [1.54, 1.807) is 23.0 Å². The van der Waals surface area contributed by atoms with Crippen LogP contribution in [0.4, 0.5) is 10.2 Å². The lowest BCUT2D eigenvalue weighted by Gasteiger charge is -2.05. The first-order chi connectivity index (χ1) is 8.70. The summed E-state index contributed by atoms with van der Waals surface area (Å²) in [5, 5.41) is 13.0. The van der Waals surface area contributed by atoms with Crippen LogP contribution in [0.3, 0.4) is 0 Å². The second-order valence-electron chi connectivity index (χ2n) is 4.17. The summed E-state index contributed by atoms with van der Waals surface area (Å²) in [6, 6.07) is 6.26. The van der Waals surface area contributed by atoms with Crippen LogP contribution < -0.4 is 5.73 Å². The minimum atomic E-state index is -0.254. The molecule has 0 saturated carbocycles. The molecular formula is C13H16FN3O. The van der Waals surface area contributed by atoms with Crippen molar-refractivity contribution in [3.05, 3.63) is 47.4 Å². The van der Waals surface area contributed by atoms with E-state index in [0.29, 0.717) is 25.2 Å². The molecule has 5 heteroatoms. The van der Waals surface area contributed by atoms with E-state index in [0.717, 1.165) is 11.1 Å². The molecule has 1 aromatic carbocycles. The lowest BCUT2D eigenvalue weighted by molar-refractivity contribution is 0.288. The fourth-order valence-electron chi connectivity index (χ4n) is 1.78. The minimum Gasteiger partial charge on any atom is -0.396 e. The number of benzene rings is 1. The van der Waals surface area contributed by atoms with E-state index < -0.39 is 0 Å². The largest absolute Gasteiger partial charge is 0.396 e. The lowest BCUT2D eigenvalue weighted by atomic mass is 10.2. The number of nitrogen functional groups attached to an aromatic ring is 1. The van der Waals surface area contributed by atoms with Crippen LogP contribution in [0.1, 0.15) is 17.5 Å². The van der Waals surface area contributed by atoms with Crippen molar-refractivity contribution in [2.45, 2.75) is 19.4 Å². The van der Waals surface area contributed by atoms with Crippen LogP contribution in [0, 0.1) is 5.82 Å². The fraction of sp³-hybridized carbons (Fsp3) is 0.308. The summed E-state index contributed by atoms with van der Waals surface area (Å²) in [7, 11) is 0. The number of aromatic nitrogens is 2. The zero-order valence-electron chi connectivity index (χ0n) is 10.0. The number of halogens is 1. The smallest absolute Gasteiger partial charge is 0.125 e. The van der Waals surface area contributed by atoms with E-state index in [2.05, 4.69) is 5.10 Å². The van der Waals surface area contributed by atoms with Gasteiger partial charge in [0.15, 0.2) is 0 Å². The van der Waals surface area contributed by atoms with Crippen molar-refractivity contribution in [3.8, 4) is 0 Å². The summed E-state index contributed by atoms with van der Waals surface area (Å²) in [6.07, 6.45) is 3.10. The second-order valence-corrected chi connectivity index (χ2v) is 4.17. The van der Waals surface area contributed by atoms with Gasteiger partial charge in [0, 0.05) is 12.2 Å². The van der Waals surface area contributed by atoms with Gasteiger partial charge in [0.1, 0.15) is 11.6 Å². The van der Waals surface area contributed by atoms with Gasteiger partial charge in [0.2, 0.25) is 0 Å². The van der Waals surface area contributed by atoms with Gasteiger partial charge in [-0.3, -0.25) is 0 Å². The maximum Gasteiger partial charge on any atom is 0.125 e. The standard InChI is InChI=1S/C13H16FN3O/c14-12-5-3-10(4-6-12)9-17-13(15)11(8-16-17)2-1-7-18/h3-6,8,18H,1-2,7,9,15H2. The molecule has 1 aromatic heterocycles. The van der Waals surface area contributed by atoms with Gasteiger partial charge in [0.05, 0.1) is 12.7 Å².